The topological polar surface area (TPSA) is 51.1 Å². The highest BCUT2D eigenvalue weighted by molar-refractivity contribution is 6.09. The first-order chi connectivity index (χ1) is 36.1. The largest absolute Gasteiger partial charge is 0.457 e. The third-order valence-electron chi connectivity index (χ3n) is 10.1. The third kappa shape index (κ3) is 6.92. The molecule has 10 aromatic rings. The van der Waals surface area contributed by atoms with Gasteiger partial charge in [0.15, 0.2) is 0 Å². The van der Waals surface area contributed by atoms with E-state index in [4.69, 9.17) is 26.7 Å². The summed E-state index contributed by atoms with van der Waals surface area (Å²) in [7, 11) is 0. The molecule has 288 valence electrons. The van der Waals surface area contributed by atoms with E-state index in [1.165, 1.54) is 24.4 Å². The van der Waals surface area contributed by atoms with Crippen molar-refractivity contribution in [1.29, 1.82) is 0 Å². The summed E-state index contributed by atoms with van der Waals surface area (Å²) in [5, 5.41) is 8.29. The van der Waals surface area contributed by atoms with Gasteiger partial charge in [-0.15, -0.1) is 0 Å². The van der Waals surface area contributed by atoms with Gasteiger partial charge in [0.25, 0.3) is 0 Å². The average molecular weight is 791 g/mol. The van der Waals surface area contributed by atoms with Crippen molar-refractivity contribution in [2.24, 2.45) is 0 Å². The highest BCUT2D eigenvalue weighted by Gasteiger charge is 2.19. The molecule has 0 aliphatic rings. The zero-order valence-electron chi connectivity index (χ0n) is 47.7. The number of pyridine rings is 1. The molecule has 5 nitrogen and oxygen atoms in total. The fourth-order valence-corrected chi connectivity index (χ4v) is 7.46. The second-order valence-electron chi connectivity index (χ2n) is 13.8. The number of hydrogen-bond donors (Lipinski definition) is 2. The molecule has 0 atom stereocenters. The summed E-state index contributed by atoms with van der Waals surface area (Å²) in [6, 6.07) is 34.5. The van der Waals surface area contributed by atoms with E-state index in [0.717, 1.165) is 10.8 Å². The number of anilines is 4. The van der Waals surface area contributed by atoms with Crippen LogP contribution < -0.4 is 15.4 Å². The van der Waals surface area contributed by atoms with Gasteiger partial charge in [-0.2, -0.15) is 0 Å². The van der Waals surface area contributed by atoms with Crippen LogP contribution in [0.3, 0.4) is 0 Å². The van der Waals surface area contributed by atoms with Gasteiger partial charge in [-0.25, -0.2) is 4.98 Å². The Morgan fingerprint density at radius 2 is 1.20 bits per heavy atom. The van der Waals surface area contributed by atoms with Crippen molar-refractivity contribution in [2.45, 2.75) is 13.7 Å². The lowest BCUT2D eigenvalue weighted by molar-refractivity contribution is 0.483. The van der Waals surface area contributed by atoms with E-state index in [1.807, 2.05) is 30.3 Å². The normalized spacial score (nSPS) is 15.4. The van der Waals surface area contributed by atoms with Gasteiger partial charge < -0.3 is 15.4 Å². The van der Waals surface area contributed by atoms with Gasteiger partial charge in [0, 0.05) is 59.7 Å². The molecule has 2 N–H and O–H groups in total. The molecule has 0 saturated carbocycles. The Morgan fingerprint density at radius 3 is 1.93 bits per heavy atom. The molecular weight excluding hydrogens is 733 g/mol. The number of benzene rings is 8. The van der Waals surface area contributed by atoms with Crippen LogP contribution in [0.5, 0.6) is 11.5 Å². The van der Waals surface area contributed by atoms with Gasteiger partial charge >= 0.3 is 0 Å². The quantitative estimate of drug-likeness (QED) is 0.145. The van der Waals surface area contributed by atoms with E-state index in [2.05, 4.69) is 15.6 Å². The van der Waals surface area contributed by atoms with Gasteiger partial charge in [-0.05, 0) is 84.0 Å². The van der Waals surface area contributed by atoms with Crippen molar-refractivity contribution in [3.05, 3.63) is 217 Å². The van der Waals surface area contributed by atoms with Crippen molar-refractivity contribution in [3.8, 4) is 50.7 Å². The molecule has 0 fully saturated rings. The lowest BCUT2D eigenvalue weighted by Gasteiger charge is -2.20. The van der Waals surface area contributed by atoms with Gasteiger partial charge in [0.1, 0.15) is 17.3 Å². The lowest BCUT2D eigenvalue weighted by atomic mass is 9.95. The predicted octanol–water partition coefficient (Wildman–Crippen LogP) is 15.1. The minimum Gasteiger partial charge on any atom is -0.457 e. The Kier molecular flexibility index (Phi) is 6.03. The van der Waals surface area contributed by atoms with Crippen LogP contribution in [-0.4, -0.2) is 9.55 Å². The second kappa shape index (κ2) is 15.8. The fourth-order valence-electron chi connectivity index (χ4n) is 7.46. The SMILES string of the molecule is [2H]c1c([2H])c([2H])c(-c2cccc(-c3c([2H])c([2H])c([2H])c([2H])c3[2H])c2Nc2ccccc2Nc2cccc(Oc3ccc4c5ccccc5n(-c5ncc(C([2H])([2H])[2H])c(-c6ccccc6)c5C([2H])([2H])[2H])c4c3)c2)c([2H])c1[2H]. The van der Waals surface area contributed by atoms with E-state index in [9.17, 15) is 0 Å². The van der Waals surface area contributed by atoms with Crippen LogP contribution in [0, 0.1) is 13.7 Å². The van der Waals surface area contributed by atoms with Crippen LogP contribution in [0.15, 0.2) is 206 Å². The molecule has 0 radical (unpaired) electrons. The first-order valence-corrected chi connectivity index (χ1v) is 19.0. The summed E-state index contributed by atoms with van der Waals surface area (Å²) in [6.07, 6.45) is 1.23. The summed E-state index contributed by atoms with van der Waals surface area (Å²) in [5.41, 5.74) is 2.61. The van der Waals surface area contributed by atoms with Crippen LogP contribution in [0.25, 0.3) is 61.0 Å². The number of aromatic nitrogens is 2. The summed E-state index contributed by atoms with van der Waals surface area (Å²) >= 11 is 0. The first-order valence-electron chi connectivity index (χ1n) is 27.0. The Labute approximate surface area is 372 Å². The third-order valence-corrected chi connectivity index (χ3v) is 10.1. The molecule has 60 heavy (non-hydrogen) atoms. The van der Waals surface area contributed by atoms with Crippen molar-refractivity contribution >= 4 is 44.6 Å². The maximum absolute atomic E-state index is 8.88. The van der Waals surface area contributed by atoms with Crippen molar-refractivity contribution in [2.75, 3.05) is 10.6 Å². The molecule has 0 spiro atoms. The van der Waals surface area contributed by atoms with Crippen LogP contribution in [0.1, 0.15) is 33.1 Å². The van der Waals surface area contributed by atoms with Gasteiger partial charge in [0.05, 0.1) is 41.8 Å². The Balaban J connectivity index is 1.05. The lowest BCUT2D eigenvalue weighted by Crippen LogP contribution is -2.03. The smallest absolute Gasteiger partial charge is 0.141 e. The molecule has 0 unspecified atom stereocenters. The van der Waals surface area contributed by atoms with Gasteiger partial charge in [0.2, 0.25) is 0 Å². The molecule has 0 amide bonds. The van der Waals surface area contributed by atoms with E-state index in [1.54, 1.807) is 95.6 Å². The van der Waals surface area contributed by atoms with Gasteiger partial charge in [-0.1, -0.05) is 145 Å². The second-order valence-corrected chi connectivity index (χ2v) is 13.8. The van der Waals surface area contributed by atoms with E-state index in [-0.39, 0.29) is 50.4 Å². The van der Waals surface area contributed by atoms with Crippen LogP contribution in [0.2, 0.25) is 0 Å². The zero-order chi connectivity index (χ0) is 54.1. The first kappa shape index (κ1) is 22.9. The Hall–Kier alpha value is -7.89. The highest BCUT2D eigenvalue weighted by atomic mass is 16.5. The minimum absolute atomic E-state index is 0.0324. The average Bonchev–Trinajstić information content (AvgIpc) is 3.82. The maximum atomic E-state index is 8.88. The molecule has 0 saturated heterocycles. The molecule has 10 rings (SSSR count). The molecule has 5 heteroatoms. The monoisotopic (exact) mass is 790 g/mol. The summed E-state index contributed by atoms with van der Waals surface area (Å²) in [6.45, 7) is -5.51. The van der Waals surface area contributed by atoms with Crippen molar-refractivity contribution < 1.29 is 26.7 Å². The molecular formula is C55H42N4O. The number of fused-ring (bicyclic) bond motifs is 3. The number of para-hydroxylation sites is 4. The minimum atomic E-state index is -2.82. The van der Waals surface area contributed by atoms with E-state index >= 15 is 0 Å². The van der Waals surface area contributed by atoms with Crippen molar-refractivity contribution in [3.63, 3.8) is 0 Å². The Bertz CT molecular complexity index is 3820. The summed E-state index contributed by atoms with van der Waals surface area (Å²) in [4.78, 5) is 4.63. The van der Waals surface area contributed by atoms with Crippen LogP contribution in [-0.2, 0) is 0 Å². The Morgan fingerprint density at radius 1 is 0.550 bits per heavy atom. The molecule has 0 aliphatic heterocycles. The zero-order valence-corrected chi connectivity index (χ0v) is 31.7. The van der Waals surface area contributed by atoms with E-state index in [0.29, 0.717) is 45.2 Å². The molecule has 0 bridgehead atoms. The summed E-state index contributed by atoms with van der Waals surface area (Å²) < 4.78 is 146. The highest BCUT2D eigenvalue weighted by Crippen LogP contribution is 2.42. The van der Waals surface area contributed by atoms with Crippen LogP contribution in [0.4, 0.5) is 22.7 Å². The molecule has 8 aromatic carbocycles. The number of ether oxygens (including phenoxy) is 1. The molecule has 2 heterocycles. The number of aryl methyl sites for hydroxylation is 1. The number of rotatable bonds is 10. The number of nitrogens with one attached hydrogen (secondary N) is 2. The van der Waals surface area contributed by atoms with Gasteiger partial charge in [-0.3, -0.25) is 4.57 Å². The maximum Gasteiger partial charge on any atom is 0.141 e. The van der Waals surface area contributed by atoms with Crippen molar-refractivity contribution in [1.82, 2.24) is 9.55 Å². The fraction of sp³-hybridized carbons (Fsp3) is 0.0364. The number of hydrogen-bond acceptors (Lipinski definition) is 4. The standard InChI is InChI=1S/C55H42N4O/c1-37-36-56-55(38(2)53(37)41-22-10-5-11-23-41)59-51-31-15-12-26-47(51)48-33-32-44(35-52(48)59)60-43-25-16-24-42(34-43)57-49-29-13-14-30-50(49)58-54-45(39-18-6-3-7-19-39)27-17-28-46(54)40-20-8-4-9-21-40/h3-36,57-58H,1-2H3/i1D3,2D3,3D,4D,6D,7D,8D,9D,18D,19D,20D,21D. The molecule has 2 aromatic heterocycles. The van der Waals surface area contributed by atoms with Crippen LogP contribution >= 0.6 is 0 Å². The number of nitrogens with zero attached hydrogens (tertiary/aromatic N) is 2. The molecule has 0 aliphatic carbocycles. The summed E-state index contributed by atoms with van der Waals surface area (Å²) in [5.74, 6) is 0.797. The predicted molar refractivity (Wildman–Crippen MR) is 250 cm³/mol. The van der Waals surface area contributed by atoms with E-state index < -0.39 is 74.1 Å².